The third kappa shape index (κ3) is 7.35. The molecule has 0 unspecified atom stereocenters. The molecule has 0 bridgehead atoms. The van der Waals surface area contributed by atoms with Crippen molar-refractivity contribution in [3.8, 4) is 11.5 Å². The molecule has 0 aliphatic heterocycles. The van der Waals surface area contributed by atoms with Crippen LogP contribution < -0.4 is 14.8 Å². The number of unbranched alkanes of at least 4 members (excludes halogenated alkanes) is 3. The Morgan fingerprint density at radius 2 is 1.68 bits per heavy atom. The maximum absolute atomic E-state index is 12.5. The van der Waals surface area contributed by atoms with Crippen LogP contribution in [0, 0.1) is 6.92 Å². The molecule has 0 aliphatic carbocycles. The lowest BCUT2D eigenvalue weighted by Crippen LogP contribution is -2.24. The Bertz CT molecular complexity index is 1280. The number of carbonyl (C=O) groups excluding carboxylic acids is 1. The van der Waals surface area contributed by atoms with Crippen LogP contribution in [0.15, 0.2) is 72.8 Å². The molecule has 6 nitrogen and oxygen atoms in total. The van der Waals surface area contributed by atoms with Gasteiger partial charge in [-0.05, 0) is 69.0 Å². The second-order valence-corrected chi connectivity index (χ2v) is 9.30. The number of ether oxygens (including phenoxy) is 2. The first kappa shape index (κ1) is 26.3. The Morgan fingerprint density at radius 3 is 2.51 bits per heavy atom. The van der Waals surface area contributed by atoms with E-state index in [4.69, 9.17) is 14.5 Å². The molecular formula is C31H37N3O3. The van der Waals surface area contributed by atoms with Gasteiger partial charge in [0.2, 0.25) is 0 Å². The number of methoxy groups -OCH3 is 1. The summed E-state index contributed by atoms with van der Waals surface area (Å²) in [5.41, 5.74) is 4.06. The van der Waals surface area contributed by atoms with E-state index in [1.807, 2.05) is 30.3 Å². The predicted octanol–water partition coefficient (Wildman–Crippen LogP) is 6.36. The van der Waals surface area contributed by atoms with E-state index < -0.39 is 0 Å². The number of nitrogens with zero attached hydrogens (tertiary/aromatic N) is 2. The highest BCUT2D eigenvalue weighted by molar-refractivity contribution is 5.96. The number of imidazole rings is 1. The fourth-order valence-corrected chi connectivity index (χ4v) is 4.48. The van der Waals surface area contributed by atoms with E-state index in [2.05, 4.69) is 47.1 Å². The highest BCUT2D eigenvalue weighted by Crippen LogP contribution is 2.20. The first-order chi connectivity index (χ1) is 18.2. The predicted molar refractivity (Wildman–Crippen MR) is 149 cm³/mol. The summed E-state index contributed by atoms with van der Waals surface area (Å²) in [5.74, 6) is 2.57. The van der Waals surface area contributed by atoms with E-state index in [-0.39, 0.29) is 5.91 Å². The second-order valence-electron chi connectivity index (χ2n) is 9.30. The quantitative estimate of drug-likeness (QED) is 0.205. The maximum atomic E-state index is 12.5. The molecule has 0 radical (unpaired) electrons. The molecule has 0 fully saturated rings. The minimum absolute atomic E-state index is 0.0920. The van der Waals surface area contributed by atoms with Gasteiger partial charge in [0, 0.05) is 19.5 Å². The molecule has 1 N–H and O–H groups in total. The summed E-state index contributed by atoms with van der Waals surface area (Å²) in [6, 6.07) is 23.9. The zero-order valence-corrected chi connectivity index (χ0v) is 21.9. The third-order valence-electron chi connectivity index (χ3n) is 6.51. The van der Waals surface area contributed by atoms with Crippen LogP contribution in [0.3, 0.4) is 0 Å². The minimum Gasteiger partial charge on any atom is -0.496 e. The lowest BCUT2D eigenvalue weighted by Gasteiger charge is -2.11. The molecule has 0 saturated carbocycles. The lowest BCUT2D eigenvalue weighted by atomic mass is 10.1. The van der Waals surface area contributed by atoms with Crippen LogP contribution in [0.4, 0.5) is 0 Å². The molecule has 3 aromatic carbocycles. The van der Waals surface area contributed by atoms with Crippen molar-refractivity contribution < 1.29 is 14.3 Å². The van der Waals surface area contributed by atoms with Gasteiger partial charge in [0.05, 0.1) is 30.3 Å². The average molecular weight is 500 g/mol. The van der Waals surface area contributed by atoms with Crippen LogP contribution in [-0.4, -0.2) is 35.7 Å². The molecule has 4 aromatic rings. The summed E-state index contributed by atoms with van der Waals surface area (Å²) >= 11 is 0. The molecule has 1 aromatic heterocycles. The van der Waals surface area contributed by atoms with Crippen molar-refractivity contribution in [3.63, 3.8) is 0 Å². The fraction of sp³-hybridized carbons (Fsp3) is 0.355. The van der Waals surface area contributed by atoms with E-state index in [1.54, 1.807) is 19.2 Å². The van der Waals surface area contributed by atoms with Gasteiger partial charge >= 0.3 is 0 Å². The molecule has 1 amide bonds. The van der Waals surface area contributed by atoms with Gasteiger partial charge in [-0.1, -0.05) is 48.4 Å². The summed E-state index contributed by atoms with van der Waals surface area (Å²) in [4.78, 5) is 17.4. The number of carbonyl (C=O) groups is 1. The lowest BCUT2D eigenvalue weighted by molar-refractivity contribution is 0.0950. The highest BCUT2D eigenvalue weighted by atomic mass is 16.5. The van der Waals surface area contributed by atoms with Gasteiger partial charge in [0.15, 0.2) is 0 Å². The first-order valence-corrected chi connectivity index (χ1v) is 13.2. The fourth-order valence-electron chi connectivity index (χ4n) is 4.48. The molecule has 1 heterocycles. The number of benzene rings is 3. The van der Waals surface area contributed by atoms with Crippen molar-refractivity contribution >= 4 is 16.9 Å². The zero-order chi connectivity index (χ0) is 25.9. The topological polar surface area (TPSA) is 65.4 Å². The van der Waals surface area contributed by atoms with Gasteiger partial charge < -0.3 is 19.4 Å². The summed E-state index contributed by atoms with van der Waals surface area (Å²) < 4.78 is 13.5. The normalized spacial score (nSPS) is 11.0. The van der Waals surface area contributed by atoms with E-state index in [9.17, 15) is 4.79 Å². The van der Waals surface area contributed by atoms with Gasteiger partial charge in [-0.2, -0.15) is 0 Å². The Labute approximate surface area is 219 Å². The number of aromatic nitrogens is 2. The standard InChI is InChI=1S/C31H37N3O3/c1-24-17-19-25(20-18-24)37-23-11-10-22-34-28-14-7-6-13-27(28)33-30(34)16-4-3-9-21-32-31(35)26-12-5-8-15-29(26)36-2/h5-8,12-15,17-20H,3-4,9-11,16,21-23H2,1-2H3,(H,32,35). The molecule has 0 spiro atoms. The zero-order valence-electron chi connectivity index (χ0n) is 21.9. The van der Waals surface area contributed by atoms with E-state index in [0.717, 1.165) is 62.2 Å². The van der Waals surface area contributed by atoms with Crippen molar-refractivity contribution in [1.29, 1.82) is 0 Å². The van der Waals surface area contributed by atoms with Crippen LogP contribution in [0.25, 0.3) is 11.0 Å². The van der Waals surface area contributed by atoms with Crippen molar-refractivity contribution in [2.75, 3.05) is 20.3 Å². The Hall–Kier alpha value is -3.80. The van der Waals surface area contributed by atoms with Crippen LogP contribution in [-0.2, 0) is 13.0 Å². The third-order valence-corrected chi connectivity index (χ3v) is 6.51. The summed E-state index contributed by atoms with van der Waals surface area (Å²) in [6.07, 6.45) is 5.94. The molecule has 6 heteroatoms. The summed E-state index contributed by atoms with van der Waals surface area (Å²) in [6.45, 7) is 4.38. The van der Waals surface area contributed by atoms with Crippen molar-refractivity contribution in [2.24, 2.45) is 0 Å². The van der Waals surface area contributed by atoms with Gasteiger partial charge in [0.25, 0.3) is 5.91 Å². The number of para-hydroxylation sites is 3. The van der Waals surface area contributed by atoms with Crippen molar-refractivity contribution in [1.82, 2.24) is 14.9 Å². The molecule has 0 saturated heterocycles. The number of rotatable bonds is 14. The van der Waals surface area contributed by atoms with E-state index in [0.29, 0.717) is 24.5 Å². The van der Waals surface area contributed by atoms with Crippen LogP contribution >= 0.6 is 0 Å². The smallest absolute Gasteiger partial charge is 0.255 e. The SMILES string of the molecule is COc1ccccc1C(=O)NCCCCCc1nc2ccccc2n1CCCCOc1ccc(C)cc1. The van der Waals surface area contributed by atoms with Crippen molar-refractivity contribution in [3.05, 3.63) is 89.7 Å². The van der Waals surface area contributed by atoms with Crippen LogP contribution in [0.1, 0.15) is 53.8 Å². The Morgan fingerprint density at radius 1 is 0.892 bits per heavy atom. The average Bonchev–Trinajstić information content (AvgIpc) is 3.28. The Balaban J connectivity index is 1.22. The number of nitrogens with one attached hydrogen (secondary N) is 1. The number of aryl methyl sites for hydroxylation is 3. The largest absolute Gasteiger partial charge is 0.496 e. The van der Waals surface area contributed by atoms with Gasteiger partial charge in [-0.25, -0.2) is 4.98 Å². The van der Waals surface area contributed by atoms with Crippen LogP contribution in [0.5, 0.6) is 11.5 Å². The monoisotopic (exact) mass is 499 g/mol. The molecule has 4 rings (SSSR count). The molecule has 194 valence electrons. The number of amides is 1. The van der Waals surface area contributed by atoms with Crippen LogP contribution in [0.2, 0.25) is 0 Å². The van der Waals surface area contributed by atoms with Gasteiger partial charge in [0.1, 0.15) is 17.3 Å². The van der Waals surface area contributed by atoms with Gasteiger partial charge in [-0.15, -0.1) is 0 Å². The molecule has 0 atom stereocenters. The summed E-state index contributed by atoms with van der Waals surface area (Å²) in [5, 5.41) is 3.01. The van der Waals surface area contributed by atoms with E-state index >= 15 is 0 Å². The highest BCUT2D eigenvalue weighted by Gasteiger charge is 2.12. The molecule has 0 aliphatic rings. The Kier molecular flexibility index (Phi) is 9.58. The summed E-state index contributed by atoms with van der Waals surface area (Å²) in [7, 11) is 1.58. The number of hydrogen-bond acceptors (Lipinski definition) is 4. The number of hydrogen-bond donors (Lipinski definition) is 1. The van der Waals surface area contributed by atoms with E-state index in [1.165, 1.54) is 11.1 Å². The first-order valence-electron chi connectivity index (χ1n) is 13.2. The second kappa shape index (κ2) is 13.5. The minimum atomic E-state index is -0.0920. The molecular weight excluding hydrogens is 462 g/mol. The van der Waals surface area contributed by atoms with Gasteiger partial charge in [-0.3, -0.25) is 4.79 Å². The molecule has 37 heavy (non-hydrogen) atoms. The number of fused-ring (bicyclic) bond motifs is 1. The maximum Gasteiger partial charge on any atom is 0.255 e. The van der Waals surface area contributed by atoms with Crippen molar-refractivity contribution in [2.45, 2.75) is 52.0 Å².